The van der Waals surface area contributed by atoms with E-state index in [-0.39, 0.29) is 17.3 Å². The number of hydrogen-bond donors (Lipinski definition) is 1. The number of benzene rings is 2. The minimum absolute atomic E-state index is 0.0215. The van der Waals surface area contributed by atoms with E-state index < -0.39 is 0 Å². The number of nitrogens with one attached hydrogen (secondary N) is 1. The molecular weight excluding hydrogens is 293 g/mol. The van der Waals surface area contributed by atoms with E-state index in [1.165, 1.54) is 24.5 Å². The molecule has 2 aromatic carbocycles. The van der Waals surface area contributed by atoms with E-state index in [2.05, 4.69) is 11.4 Å². The molecule has 4 heteroatoms. The quantitative estimate of drug-likeness (QED) is 0.940. The predicted molar refractivity (Wildman–Crippen MR) is 86.7 cm³/mol. The fourth-order valence-corrected chi connectivity index (χ4v) is 3.68. The summed E-state index contributed by atoms with van der Waals surface area (Å²) >= 11 is 0. The summed E-state index contributed by atoms with van der Waals surface area (Å²) in [5, 5.41) is 3.60. The van der Waals surface area contributed by atoms with Crippen LogP contribution in [0, 0.1) is 5.82 Å². The van der Waals surface area contributed by atoms with Gasteiger partial charge >= 0.3 is 0 Å². The molecule has 1 saturated carbocycles. The van der Waals surface area contributed by atoms with Crippen LogP contribution in [0.2, 0.25) is 0 Å². The van der Waals surface area contributed by atoms with Gasteiger partial charge in [-0.05, 0) is 53.8 Å². The van der Waals surface area contributed by atoms with Crippen LogP contribution in [0.3, 0.4) is 0 Å². The normalized spacial score (nSPS) is 20.9. The highest BCUT2D eigenvalue weighted by molar-refractivity contribution is 5.56. The van der Waals surface area contributed by atoms with Crippen molar-refractivity contribution in [2.24, 2.45) is 0 Å². The molecule has 4 rings (SSSR count). The first-order valence-corrected chi connectivity index (χ1v) is 7.92. The summed E-state index contributed by atoms with van der Waals surface area (Å²) in [5.74, 6) is 1.27. The van der Waals surface area contributed by atoms with Crippen LogP contribution in [0.25, 0.3) is 0 Å². The lowest BCUT2D eigenvalue weighted by Crippen LogP contribution is -2.38. The van der Waals surface area contributed by atoms with Crippen LogP contribution in [-0.4, -0.2) is 20.8 Å². The summed E-state index contributed by atoms with van der Waals surface area (Å²) in [6, 6.07) is 10.9. The van der Waals surface area contributed by atoms with Crippen molar-refractivity contribution in [3.63, 3.8) is 0 Å². The Morgan fingerprint density at radius 2 is 1.83 bits per heavy atom. The number of rotatable bonds is 3. The molecule has 0 bridgehead atoms. The summed E-state index contributed by atoms with van der Waals surface area (Å²) in [6.07, 6.45) is 2.36. The second-order valence-electron chi connectivity index (χ2n) is 6.44. The number of halogens is 1. The maximum atomic E-state index is 13.7. The Labute approximate surface area is 135 Å². The van der Waals surface area contributed by atoms with Crippen molar-refractivity contribution in [1.29, 1.82) is 0 Å². The van der Waals surface area contributed by atoms with Crippen LogP contribution >= 0.6 is 0 Å². The van der Waals surface area contributed by atoms with Crippen molar-refractivity contribution >= 4 is 0 Å². The molecular formula is C19H20FNO2. The van der Waals surface area contributed by atoms with Crippen molar-refractivity contribution < 1.29 is 13.9 Å². The van der Waals surface area contributed by atoms with Crippen LogP contribution in [-0.2, 0) is 5.41 Å². The lowest BCUT2D eigenvalue weighted by Gasteiger charge is -2.34. The van der Waals surface area contributed by atoms with E-state index in [1.54, 1.807) is 26.4 Å². The largest absolute Gasteiger partial charge is 0.493 e. The molecule has 0 aromatic heterocycles. The Morgan fingerprint density at radius 1 is 1.09 bits per heavy atom. The fourth-order valence-electron chi connectivity index (χ4n) is 3.68. The molecule has 2 aromatic rings. The van der Waals surface area contributed by atoms with Gasteiger partial charge in [-0.25, -0.2) is 4.39 Å². The third-order valence-corrected chi connectivity index (χ3v) is 5.12. The zero-order valence-corrected chi connectivity index (χ0v) is 13.4. The van der Waals surface area contributed by atoms with Crippen molar-refractivity contribution in [1.82, 2.24) is 5.32 Å². The van der Waals surface area contributed by atoms with Gasteiger partial charge in [-0.3, -0.25) is 0 Å². The number of hydrogen-bond acceptors (Lipinski definition) is 3. The van der Waals surface area contributed by atoms with Gasteiger partial charge in [0.15, 0.2) is 11.5 Å². The zero-order valence-electron chi connectivity index (χ0n) is 13.4. The van der Waals surface area contributed by atoms with Crippen molar-refractivity contribution in [2.75, 3.05) is 20.8 Å². The van der Waals surface area contributed by atoms with E-state index in [4.69, 9.17) is 9.47 Å². The Morgan fingerprint density at radius 3 is 2.48 bits per heavy atom. The molecule has 1 unspecified atom stereocenters. The lowest BCUT2D eigenvalue weighted by molar-refractivity contribution is 0.351. The molecule has 1 heterocycles. The Bertz CT molecular complexity index is 755. The number of ether oxygens (including phenoxy) is 2. The molecule has 1 spiro atoms. The molecule has 120 valence electrons. The van der Waals surface area contributed by atoms with Crippen LogP contribution in [0.1, 0.15) is 35.6 Å². The molecule has 1 aliphatic carbocycles. The molecule has 1 N–H and O–H groups in total. The van der Waals surface area contributed by atoms with Gasteiger partial charge in [-0.1, -0.05) is 12.1 Å². The molecule has 1 atom stereocenters. The zero-order chi connectivity index (χ0) is 16.0. The van der Waals surface area contributed by atoms with Gasteiger partial charge in [0.25, 0.3) is 0 Å². The van der Waals surface area contributed by atoms with E-state index >= 15 is 0 Å². The van der Waals surface area contributed by atoms with Gasteiger partial charge in [0.05, 0.1) is 20.3 Å². The van der Waals surface area contributed by atoms with Gasteiger partial charge in [0, 0.05) is 12.0 Å². The summed E-state index contributed by atoms with van der Waals surface area (Å²) in [6.45, 7) is 0.913. The number of methoxy groups -OCH3 is 2. The van der Waals surface area contributed by atoms with E-state index in [1.807, 2.05) is 12.1 Å². The summed E-state index contributed by atoms with van der Waals surface area (Å²) in [5.41, 5.74) is 3.62. The Balaban J connectivity index is 1.87. The molecule has 1 aliphatic heterocycles. The average Bonchev–Trinajstić information content (AvgIpc) is 3.34. The lowest BCUT2D eigenvalue weighted by atomic mass is 9.81. The first-order valence-electron chi connectivity index (χ1n) is 7.92. The molecule has 0 radical (unpaired) electrons. The minimum atomic E-state index is -0.210. The SMILES string of the molecule is COc1cc2c(cc1OC)C1(CC1)CNC2c1cccc(F)c1. The Kier molecular flexibility index (Phi) is 3.31. The first kappa shape index (κ1) is 14.5. The topological polar surface area (TPSA) is 30.5 Å². The Hall–Kier alpha value is -2.07. The van der Waals surface area contributed by atoms with Crippen LogP contribution in [0.15, 0.2) is 36.4 Å². The van der Waals surface area contributed by atoms with Crippen LogP contribution in [0.4, 0.5) is 4.39 Å². The van der Waals surface area contributed by atoms with E-state index in [0.717, 1.165) is 23.4 Å². The monoisotopic (exact) mass is 313 g/mol. The predicted octanol–water partition coefficient (Wildman–Crippen LogP) is 3.57. The maximum Gasteiger partial charge on any atom is 0.161 e. The average molecular weight is 313 g/mol. The van der Waals surface area contributed by atoms with Gasteiger partial charge in [-0.2, -0.15) is 0 Å². The van der Waals surface area contributed by atoms with E-state index in [9.17, 15) is 4.39 Å². The molecule has 23 heavy (non-hydrogen) atoms. The van der Waals surface area contributed by atoms with Crippen LogP contribution in [0.5, 0.6) is 11.5 Å². The smallest absolute Gasteiger partial charge is 0.161 e. The molecule has 1 fully saturated rings. The molecule has 0 saturated heterocycles. The highest BCUT2D eigenvalue weighted by Gasteiger charge is 2.49. The van der Waals surface area contributed by atoms with Crippen molar-refractivity contribution in [3.05, 3.63) is 58.9 Å². The minimum Gasteiger partial charge on any atom is -0.493 e. The molecule has 2 aliphatic rings. The third-order valence-electron chi connectivity index (χ3n) is 5.12. The van der Waals surface area contributed by atoms with Crippen molar-refractivity contribution in [2.45, 2.75) is 24.3 Å². The van der Waals surface area contributed by atoms with Gasteiger partial charge in [0.1, 0.15) is 5.82 Å². The van der Waals surface area contributed by atoms with Crippen molar-refractivity contribution in [3.8, 4) is 11.5 Å². The van der Waals surface area contributed by atoms with Crippen LogP contribution < -0.4 is 14.8 Å². The molecule has 3 nitrogen and oxygen atoms in total. The maximum absolute atomic E-state index is 13.7. The summed E-state index contributed by atoms with van der Waals surface area (Å²) < 4.78 is 24.6. The first-order chi connectivity index (χ1) is 11.2. The second-order valence-corrected chi connectivity index (χ2v) is 6.44. The second kappa shape index (κ2) is 5.24. The highest BCUT2D eigenvalue weighted by Crippen LogP contribution is 2.54. The summed E-state index contributed by atoms with van der Waals surface area (Å²) in [4.78, 5) is 0. The number of fused-ring (bicyclic) bond motifs is 2. The third kappa shape index (κ3) is 2.29. The van der Waals surface area contributed by atoms with Gasteiger partial charge in [-0.15, -0.1) is 0 Å². The molecule has 0 amide bonds. The highest BCUT2D eigenvalue weighted by atomic mass is 19.1. The fraction of sp³-hybridized carbons (Fsp3) is 0.368. The van der Waals surface area contributed by atoms with E-state index in [0.29, 0.717) is 5.75 Å². The summed E-state index contributed by atoms with van der Waals surface area (Å²) in [7, 11) is 3.31. The standard InChI is InChI=1S/C19H20FNO2/c1-22-16-9-14-15(10-17(16)23-2)19(6-7-19)11-21-18(14)12-4-3-5-13(20)8-12/h3-5,8-10,18,21H,6-7,11H2,1-2H3. The van der Waals surface area contributed by atoms with Gasteiger partial charge in [0.2, 0.25) is 0 Å². The van der Waals surface area contributed by atoms with Gasteiger partial charge < -0.3 is 14.8 Å².